The van der Waals surface area contributed by atoms with Crippen LogP contribution in [0, 0.1) is 0 Å². The molecular weight excluding hydrogens is 290 g/mol. The van der Waals surface area contributed by atoms with Crippen LogP contribution in [0.1, 0.15) is 26.2 Å². The zero-order valence-corrected chi connectivity index (χ0v) is 14.0. The van der Waals surface area contributed by atoms with Crippen molar-refractivity contribution in [1.29, 1.82) is 0 Å². The molecule has 1 amide bonds. The van der Waals surface area contributed by atoms with Crippen molar-refractivity contribution >= 4 is 17.3 Å². The highest BCUT2D eigenvalue weighted by molar-refractivity contribution is 5.93. The Kier molecular flexibility index (Phi) is 5.51. The molecule has 0 spiro atoms. The maximum absolute atomic E-state index is 12.4. The summed E-state index contributed by atoms with van der Waals surface area (Å²) in [6.45, 7) is 7.71. The number of nitrogens with zero attached hydrogens (tertiary/aromatic N) is 1. The zero-order chi connectivity index (χ0) is 16.1. The van der Waals surface area contributed by atoms with Gasteiger partial charge in [-0.25, -0.2) is 0 Å². The average molecular weight is 318 g/mol. The van der Waals surface area contributed by atoms with Gasteiger partial charge in [-0.3, -0.25) is 4.79 Å². The van der Waals surface area contributed by atoms with Crippen LogP contribution in [0.5, 0.6) is 0 Å². The van der Waals surface area contributed by atoms with E-state index in [9.17, 15) is 4.79 Å². The maximum atomic E-state index is 12.4. The van der Waals surface area contributed by atoms with Crippen molar-refractivity contribution in [3.8, 4) is 0 Å². The third-order valence-electron chi connectivity index (χ3n) is 5.01. The predicted molar refractivity (Wildman–Crippen MR) is 92.1 cm³/mol. The van der Waals surface area contributed by atoms with Crippen molar-refractivity contribution in [2.45, 2.75) is 32.2 Å². The predicted octanol–water partition coefficient (Wildman–Crippen LogP) is 0.919. The number of ether oxygens (including phenoxy) is 1. The van der Waals surface area contributed by atoms with E-state index in [4.69, 9.17) is 4.74 Å². The molecule has 2 N–H and O–H groups in total. The lowest BCUT2D eigenvalue weighted by Crippen LogP contribution is -3.17. The highest BCUT2D eigenvalue weighted by Crippen LogP contribution is 2.19. The maximum Gasteiger partial charge on any atom is 0.282 e. The lowest BCUT2D eigenvalue weighted by atomic mass is 10.1. The topological polar surface area (TPSA) is 46.0 Å². The molecule has 0 aromatic heterocycles. The lowest BCUT2D eigenvalue weighted by molar-refractivity contribution is -0.918. The summed E-state index contributed by atoms with van der Waals surface area (Å²) in [5, 5.41) is 3.07. The van der Waals surface area contributed by atoms with Gasteiger partial charge in [-0.1, -0.05) is 0 Å². The number of quaternary nitrogens is 1. The summed E-state index contributed by atoms with van der Waals surface area (Å²) >= 11 is 0. The second-order valence-electron chi connectivity index (χ2n) is 6.58. The fourth-order valence-electron chi connectivity index (χ4n) is 3.45. The highest BCUT2D eigenvalue weighted by Gasteiger charge is 2.26. The van der Waals surface area contributed by atoms with E-state index in [2.05, 4.69) is 22.3 Å². The van der Waals surface area contributed by atoms with Crippen LogP contribution in [-0.2, 0) is 9.53 Å². The average Bonchev–Trinajstić information content (AvgIpc) is 2.63. The van der Waals surface area contributed by atoms with Gasteiger partial charge in [0.2, 0.25) is 0 Å². The van der Waals surface area contributed by atoms with Gasteiger partial charge in [0.15, 0.2) is 6.04 Å². The van der Waals surface area contributed by atoms with E-state index in [0.29, 0.717) is 0 Å². The van der Waals surface area contributed by atoms with E-state index >= 15 is 0 Å². The number of likely N-dealkylation sites (tertiary alicyclic amines) is 1. The minimum atomic E-state index is 0.0224. The Labute approximate surface area is 138 Å². The lowest BCUT2D eigenvalue weighted by Gasteiger charge is -2.29. The Balaban J connectivity index is 1.55. The van der Waals surface area contributed by atoms with E-state index < -0.39 is 0 Å². The van der Waals surface area contributed by atoms with Gasteiger partial charge in [-0.05, 0) is 50.5 Å². The largest absolute Gasteiger partial charge is 0.378 e. The number of rotatable bonds is 4. The first kappa shape index (κ1) is 16.3. The van der Waals surface area contributed by atoms with Crippen LogP contribution < -0.4 is 15.1 Å². The van der Waals surface area contributed by atoms with Crippen LogP contribution in [-0.4, -0.2) is 51.3 Å². The number of anilines is 2. The van der Waals surface area contributed by atoms with Crippen LogP contribution >= 0.6 is 0 Å². The molecule has 2 aliphatic heterocycles. The molecule has 2 heterocycles. The van der Waals surface area contributed by atoms with Crippen molar-refractivity contribution in [3.05, 3.63) is 24.3 Å². The molecule has 1 aromatic carbocycles. The van der Waals surface area contributed by atoms with Gasteiger partial charge in [0.25, 0.3) is 5.91 Å². The van der Waals surface area contributed by atoms with Crippen LogP contribution in [0.2, 0.25) is 0 Å². The molecule has 126 valence electrons. The summed E-state index contributed by atoms with van der Waals surface area (Å²) < 4.78 is 5.38. The number of hydrogen-bond donors (Lipinski definition) is 2. The third kappa shape index (κ3) is 4.24. The highest BCUT2D eigenvalue weighted by atomic mass is 16.5. The van der Waals surface area contributed by atoms with Gasteiger partial charge in [-0.15, -0.1) is 0 Å². The molecule has 0 bridgehead atoms. The molecule has 2 saturated heterocycles. The fraction of sp³-hybridized carbons (Fsp3) is 0.611. The minimum absolute atomic E-state index is 0.0224. The number of piperidine rings is 1. The van der Waals surface area contributed by atoms with Crippen LogP contribution in [0.15, 0.2) is 24.3 Å². The Bertz CT molecular complexity index is 506. The monoisotopic (exact) mass is 318 g/mol. The molecular formula is C18H28N3O2+. The van der Waals surface area contributed by atoms with E-state index in [0.717, 1.165) is 45.1 Å². The summed E-state index contributed by atoms with van der Waals surface area (Å²) in [6.07, 6.45) is 3.78. The SMILES string of the molecule is C[C@H](C(=O)Nc1ccc(N2CCOCC2)cc1)[NH+]1CCCCC1. The quantitative estimate of drug-likeness (QED) is 0.868. The second kappa shape index (κ2) is 7.79. The molecule has 5 nitrogen and oxygen atoms in total. The van der Waals surface area contributed by atoms with Crippen LogP contribution in [0.3, 0.4) is 0 Å². The van der Waals surface area contributed by atoms with Crippen molar-refractivity contribution < 1.29 is 14.4 Å². The molecule has 0 radical (unpaired) electrons. The Morgan fingerprint density at radius 3 is 2.43 bits per heavy atom. The first-order valence-electron chi connectivity index (χ1n) is 8.82. The Morgan fingerprint density at radius 1 is 1.13 bits per heavy atom. The smallest absolute Gasteiger partial charge is 0.282 e. The summed E-state index contributed by atoms with van der Waals surface area (Å²) in [5.41, 5.74) is 2.08. The molecule has 0 saturated carbocycles. The molecule has 3 rings (SSSR count). The first-order valence-corrected chi connectivity index (χ1v) is 8.82. The molecule has 2 aliphatic rings. The van der Waals surface area contributed by atoms with Crippen molar-refractivity contribution in [1.82, 2.24) is 0 Å². The van der Waals surface area contributed by atoms with Gasteiger partial charge >= 0.3 is 0 Å². The van der Waals surface area contributed by atoms with E-state index in [-0.39, 0.29) is 11.9 Å². The van der Waals surface area contributed by atoms with Crippen LogP contribution in [0.25, 0.3) is 0 Å². The third-order valence-corrected chi connectivity index (χ3v) is 5.01. The minimum Gasteiger partial charge on any atom is -0.378 e. The molecule has 0 unspecified atom stereocenters. The molecule has 0 aliphatic carbocycles. The van der Waals surface area contributed by atoms with Crippen molar-refractivity contribution in [3.63, 3.8) is 0 Å². The standard InChI is InChI=1S/C18H27N3O2/c1-15(20-9-3-2-4-10-20)18(22)19-16-5-7-17(8-6-16)21-11-13-23-14-12-21/h5-8,15H,2-4,9-14H2,1H3,(H,19,22)/p+1/t15-/m1/s1. The summed E-state index contributed by atoms with van der Waals surface area (Å²) in [5.74, 6) is 0.126. The first-order chi connectivity index (χ1) is 11.2. The molecule has 1 aromatic rings. The molecule has 5 heteroatoms. The Morgan fingerprint density at radius 2 is 1.78 bits per heavy atom. The van der Waals surface area contributed by atoms with E-state index in [1.807, 2.05) is 19.1 Å². The summed E-state index contributed by atoms with van der Waals surface area (Å²) in [4.78, 5) is 16.2. The normalized spacial score (nSPS) is 21.0. The fourth-order valence-corrected chi connectivity index (χ4v) is 3.45. The summed E-state index contributed by atoms with van der Waals surface area (Å²) in [7, 11) is 0. The number of amides is 1. The van der Waals surface area contributed by atoms with Gasteiger partial charge < -0.3 is 19.9 Å². The summed E-state index contributed by atoms with van der Waals surface area (Å²) in [6, 6.07) is 8.19. The molecule has 23 heavy (non-hydrogen) atoms. The number of morpholine rings is 1. The molecule has 1 atom stereocenters. The van der Waals surface area contributed by atoms with E-state index in [1.54, 1.807) is 0 Å². The number of hydrogen-bond acceptors (Lipinski definition) is 3. The number of benzene rings is 1. The molecule has 2 fully saturated rings. The zero-order valence-electron chi connectivity index (χ0n) is 14.0. The van der Waals surface area contributed by atoms with Gasteiger partial charge in [0.05, 0.1) is 26.3 Å². The Hall–Kier alpha value is -1.59. The van der Waals surface area contributed by atoms with Gasteiger partial charge in [-0.2, -0.15) is 0 Å². The van der Waals surface area contributed by atoms with Crippen LogP contribution in [0.4, 0.5) is 11.4 Å². The van der Waals surface area contributed by atoms with E-state index in [1.165, 1.54) is 29.8 Å². The second-order valence-corrected chi connectivity index (χ2v) is 6.58. The van der Waals surface area contributed by atoms with Crippen molar-refractivity contribution in [2.75, 3.05) is 49.6 Å². The van der Waals surface area contributed by atoms with Gasteiger partial charge in [0.1, 0.15) is 0 Å². The van der Waals surface area contributed by atoms with Crippen molar-refractivity contribution in [2.24, 2.45) is 0 Å². The number of carbonyl (C=O) groups excluding carboxylic acids is 1. The van der Waals surface area contributed by atoms with Gasteiger partial charge in [0, 0.05) is 24.5 Å². The number of nitrogens with one attached hydrogen (secondary N) is 2. The number of carbonyl (C=O) groups is 1.